The first kappa shape index (κ1) is 19.2. The topological polar surface area (TPSA) is 44.7 Å². The molecule has 2 aromatic rings. The lowest BCUT2D eigenvalue weighted by atomic mass is 9.91. The van der Waals surface area contributed by atoms with Gasteiger partial charge in [0, 0.05) is 22.2 Å². The van der Waals surface area contributed by atoms with Crippen molar-refractivity contribution in [3.63, 3.8) is 0 Å². The van der Waals surface area contributed by atoms with Gasteiger partial charge < -0.3 is 10.2 Å². The number of hydrogen-bond donors (Lipinski definition) is 1. The van der Waals surface area contributed by atoms with Crippen LogP contribution < -0.4 is 5.32 Å². The van der Waals surface area contributed by atoms with Gasteiger partial charge in [0.2, 0.25) is 5.91 Å². The lowest BCUT2D eigenvalue weighted by Gasteiger charge is -2.46. The highest BCUT2D eigenvalue weighted by Gasteiger charge is 2.41. The van der Waals surface area contributed by atoms with Gasteiger partial charge in [-0.3, -0.25) is 4.79 Å². The quantitative estimate of drug-likeness (QED) is 0.830. The summed E-state index contributed by atoms with van der Waals surface area (Å²) >= 11 is 0. The molecule has 4 heteroatoms. The fraction of sp³-hybridized carbons (Fsp3) is 0.391. The molecular formula is C23H29N3O. The van der Waals surface area contributed by atoms with E-state index in [9.17, 15) is 4.79 Å². The number of nitrogens with zero attached hydrogens (tertiary/aromatic N) is 2. The number of amides is 1. The predicted molar refractivity (Wildman–Crippen MR) is 111 cm³/mol. The van der Waals surface area contributed by atoms with Crippen molar-refractivity contribution in [3.8, 4) is 0 Å². The third-order valence-electron chi connectivity index (χ3n) is 4.45. The molecule has 27 heavy (non-hydrogen) atoms. The summed E-state index contributed by atoms with van der Waals surface area (Å²) in [7, 11) is 0. The Labute approximate surface area is 162 Å². The Bertz CT molecular complexity index is 857. The molecule has 2 aromatic carbocycles. The molecule has 1 heterocycles. The number of amidine groups is 1. The summed E-state index contributed by atoms with van der Waals surface area (Å²) in [6.07, 6.45) is 0. The number of carbonyl (C=O) groups excluding carboxylic acids is 1. The van der Waals surface area contributed by atoms with Crippen LogP contribution in [0.4, 0.5) is 5.69 Å². The van der Waals surface area contributed by atoms with Gasteiger partial charge in [-0.1, -0.05) is 48.5 Å². The first-order valence-electron chi connectivity index (χ1n) is 9.42. The zero-order chi connectivity index (χ0) is 19.8. The SMILES string of the molecule is CC(C)(C)NC(=O)C1c2ccccc2N=C(c2ccccc2)N1C(C)(C)C. The standard InChI is InChI=1S/C23H29N3O/c1-22(2,3)25-21(27)19-17-14-10-11-15-18(17)24-20(26(19)23(4,5)6)16-12-8-7-9-13-16/h7-15,19H,1-6H3,(H,25,27). The molecule has 0 aliphatic carbocycles. The van der Waals surface area contributed by atoms with Gasteiger partial charge in [-0.15, -0.1) is 0 Å². The van der Waals surface area contributed by atoms with E-state index >= 15 is 0 Å². The van der Waals surface area contributed by atoms with Crippen molar-refractivity contribution in [2.24, 2.45) is 4.99 Å². The van der Waals surface area contributed by atoms with Gasteiger partial charge in [0.05, 0.1) is 5.69 Å². The van der Waals surface area contributed by atoms with E-state index in [4.69, 9.17) is 4.99 Å². The second-order valence-corrected chi connectivity index (χ2v) is 9.04. The Morgan fingerprint density at radius 3 is 2.11 bits per heavy atom. The van der Waals surface area contributed by atoms with E-state index < -0.39 is 6.04 Å². The molecule has 1 atom stereocenters. The maximum atomic E-state index is 13.4. The van der Waals surface area contributed by atoms with Gasteiger partial charge in [0.1, 0.15) is 11.9 Å². The lowest BCUT2D eigenvalue weighted by Crippen LogP contribution is -2.56. The molecule has 0 aromatic heterocycles. The number of rotatable bonds is 2. The molecule has 3 rings (SSSR count). The average Bonchev–Trinajstić information content (AvgIpc) is 2.58. The van der Waals surface area contributed by atoms with E-state index in [1.807, 2.05) is 75.4 Å². The molecule has 0 bridgehead atoms. The highest BCUT2D eigenvalue weighted by molar-refractivity contribution is 6.05. The highest BCUT2D eigenvalue weighted by Crippen LogP contribution is 2.40. The zero-order valence-corrected chi connectivity index (χ0v) is 17.1. The van der Waals surface area contributed by atoms with Crippen LogP contribution in [0.25, 0.3) is 0 Å². The maximum absolute atomic E-state index is 13.4. The number of fused-ring (bicyclic) bond motifs is 1. The fourth-order valence-corrected chi connectivity index (χ4v) is 3.44. The second-order valence-electron chi connectivity index (χ2n) is 9.04. The van der Waals surface area contributed by atoms with E-state index in [0.717, 1.165) is 22.6 Å². The Morgan fingerprint density at radius 2 is 1.52 bits per heavy atom. The molecule has 1 aliphatic rings. The number of nitrogens with one attached hydrogen (secondary N) is 1. The minimum atomic E-state index is -0.437. The van der Waals surface area contributed by atoms with E-state index in [2.05, 4.69) is 31.0 Å². The van der Waals surface area contributed by atoms with Crippen LogP contribution in [-0.2, 0) is 4.79 Å². The van der Waals surface area contributed by atoms with Crippen molar-refractivity contribution in [3.05, 3.63) is 65.7 Å². The Balaban J connectivity index is 2.21. The van der Waals surface area contributed by atoms with Crippen LogP contribution >= 0.6 is 0 Å². The summed E-state index contributed by atoms with van der Waals surface area (Å²) < 4.78 is 0. The molecule has 1 amide bonds. The Hall–Kier alpha value is -2.62. The molecule has 0 saturated heterocycles. The number of para-hydroxylation sites is 1. The number of benzene rings is 2. The summed E-state index contributed by atoms with van der Waals surface area (Å²) in [5.74, 6) is 0.823. The monoisotopic (exact) mass is 363 g/mol. The summed E-state index contributed by atoms with van der Waals surface area (Å²) in [6, 6.07) is 17.6. The van der Waals surface area contributed by atoms with Crippen LogP contribution in [0, 0.1) is 0 Å². The molecule has 142 valence electrons. The van der Waals surface area contributed by atoms with E-state index in [0.29, 0.717) is 0 Å². The summed E-state index contributed by atoms with van der Waals surface area (Å²) in [6.45, 7) is 12.4. The van der Waals surface area contributed by atoms with E-state index in [1.54, 1.807) is 0 Å². The first-order chi connectivity index (χ1) is 12.6. The molecule has 0 radical (unpaired) electrons. The normalized spacial score (nSPS) is 17.2. The van der Waals surface area contributed by atoms with Gasteiger partial charge >= 0.3 is 0 Å². The highest BCUT2D eigenvalue weighted by atomic mass is 16.2. The first-order valence-corrected chi connectivity index (χ1v) is 9.42. The van der Waals surface area contributed by atoms with Crippen LogP contribution in [0.15, 0.2) is 59.6 Å². The third-order valence-corrected chi connectivity index (χ3v) is 4.45. The Kier molecular flexibility index (Phi) is 4.85. The molecule has 1 aliphatic heterocycles. The van der Waals surface area contributed by atoms with Crippen LogP contribution in [0.2, 0.25) is 0 Å². The molecular weight excluding hydrogens is 334 g/mol. The molecule has 0 saturated carbocycles. The maximum Gasteiger partial charge on any atom is 0.247 e. The molecule has 1 N–H and O–H groups in total. The average molecular weight is 364 g/mol. The van der Waals surface area contributed by atoms with Crippen LogP contribution in [0.3, 0.4) is 0 Å². The minimum Gasteiger partial charge on any atom is -0.349 e. The largest absolute Gasteiger partial charge is 0.349 e. The van der Waals surface area contributed by atoms with Crippen molar-refractivity contribution < 1.29 is 4.79 Å². The van der Waals surface area contributed by atoms with Crippen molar-refractivity contribution in [1.29, 1.82) is 0 Å². The van der Waals surface area contributed by atoms with Crippen molar-refractivity contribution in [2.75, 3.05) is 0 Å². The smallest absolute Gasteiger partial charge is 0.247 e. The van der Waals surface area contributed by atoms with E-state index in [1.165, 1.54) is 0 Å². The summed E-state index contributed by atoms with van der Waals surface area (Å²) in [5.41, 5.74) is 2.20. The van der Waals surface area contributed by atoms with E-state index in [-0.39, 0.29) is 17.0 Å². The Morgan fingerprint density at radius 1 is 0.926 bits per heavy atom. The second kappa shape index (κ2) is 6.84. The summed E-state index contributed by atoms with van der Waals surface area (Å²) in [5, 5.41) is 3.17. The van der Waals surface area contributed by atoms with Gasteiger partial charge in [-0.2, -0.15) is 0 Å². The van der Waals surface area contributed by atoms with Gasteiger partial charge in [-0.05, 0) is 47.6 Å². The van der Waals surface area contributed by atoms with Crippen LogP contribution in [0.5, 0.6) is 0 Å². The number of aliphatic imine (C=N–C) groups is 1. The van der Waals surface area contributed by atoms with Gasteiger partial charge in [0.15, 0.2) is 0 Å². The van der Waals surface area contributed by atoms with Crippen molar-refractivity contribution >= 4 is 17.4 Å². The van der Waals surface area contributed by atoms with Gasteiger partial charge in [-0.25, -0.2) is 4.99 Å². The lowest BCUT2D eigenvalue weighted by molar-refractivity contribution is -0.128. The zero-order valence-electron chi connectivity index (χ0n) is 17.1. The summed E-state index contributed by atoms with van der Waals surface area (Å²) in [4.78, 5) is 20.5. The molecule has 4 nitrogen and oxygen atoms in total. The predicted octanol–water partition coefficient (Wildman–Crippen LogP) is 4.83. The molecule has 0 spiro atoms. The van der Waals surface area contributed by atoms with Crippen molar-refractivity contribution in [2.45, 2.75) is 58.7 Å². The van der Waals surface area contributed by atoms with Crippen molar-refractivity contribution in [1.82, 2.24) is 10.2 Å². The van der Waals surface area contributed by atoms with Crippen LogP contribution in [-0.4, -0.2) is 27.7 Å². The number of hydrogen-bond acceptors (Lipinski definition) is 3. The molecule has 1 unspecified atom stereocenters. The minimum absolute atomic E-state index is 0.00629. The fourth-order valence-electron chi connectivity index (χ4n) is 3.44. The number of carbonyl (C=O) groups is 1. The van der Waals surface area contributed by atoms with Gasteiger partial charge in [0.25, 0.3) is 0 Å². The van der Waals surface area contributed by atoms with Crippen LogP contribution in [0.1, 0.15) is 58.7 Å². The molecule has 0 fully saturated rings. The third kappa shape index (κ3) is 4.05.